The molecule has 92 valence electrons. The highest BCUT2D eigenvalue weighted by Gasteiger charge is 2.19. The van der Waals surface area contributed by atoms with Gasteiger partial charge in [-0.05, 0) is 60.6 Å². The van der Waals surface area contributed by atoms with Crippen molar-refractivity contribution in [1.82, 2.24) is 5.32 Å². The standard InChI is InChI=1S/C13H16ClNOS/c1-3-7-15-13(10-6-8-17-9(10)2)11-4-5-12(14)16-11/h4-6,8,13,15H,3,7H2,1-2H3. The van der Waals surface area contributed by atoms with Crippen LogP contribution in [-0.2, 0) is 0 Å². The lowest BCUT2D eigenvalue weighted by Crippen LogP contribution is -2.22. The molecule has 0 aromatic carbocycles. The van der Waals surface area contributed by atoms with E-state index in [0.29, 0.717) is 5.22 Å². The van der Waals surface area contributed by atoms with Crippen LogP contribution in [0, 0.1) is 6.92 Å². The summed E-state index contributed by atoms with van der Waals surface area (Å²) in [4.78, 5) is 1.31. The van der Waals surface area contributed by atoms with Gasteiger partial charge in [0.2, 0.25) is 0 Å². The fraction of sp³-hybridized carbons (Fsp3) is 0.385. The summed E-state index contributed by atoms with van der Waals surface area (Å²) in [5.74, 6) is 0.880. The maximum atomic E-state index is 5.85. The number of hydrogen-bond donors (Lipinski definition) is 1. The molecule has 0 aliphatic heterocycles. The van der Waals surface area contributed by atoms with Crippen molar-refractivity contribution in [3.8, 4) is 0 Å². The molecule has 2 rings (SSSR count). The van der Waals surface area contributed by atoms with Crippen LogP contribution in [0.5, 0.6) is 0 Å². The number of aryl methyl sites for hydroxylation is 1. The van der Waals surface area contributed by atoms with Gasteiger partial charge in [0.25, 0.3) is 0 Å². The van der Waals surface area contributed by atoms with Gasteiger partial charge in [0.15, 0.2) is 5.22 Å². The van der Waals surface area contributed by atoms with Gasteiger partial charge in [0.1, 0.15) is 5.76 Å². The molecule has 0 aliphatic carbocycles. The predicted octanol–water partition coefficient (Wildman–Crippen LogP) is 4.39. The van der Waals surface area contributed by atoms with Gasteiger partial charge in [-0.1, -0.05) is 6.92 Å². The molecular weight excluding hydrogens is 254 g/mol. The van der Waals surface area contributed by atoms with E-state index in [1.807, 2.05) is 6.07 Å². The van der Waals surface area contributed by atoms with E-state index in [9.17, 15) is 0 Å². The number of thiophene rings is 1. The Labute approximate surface area is 111 Å². The summed E-state index contributed by atoms with van der Waals surface area (Å²) in [6, 6.07) is 5.98. The second kappa shape index (κ2) is 5.71. The van der Waals surface area contributed by atoms with Crippen LogP contribution in [0.3, 0.4) is 0 Å². The normalized spacial score (nSPS) is 12.9. The van der Waals surface area contributed by atoms with Crippen molar-refractivity contribution in [1.29, 1.82) is 0 Å². The molecule has 0 radical (unpaired) electrons. The largest absolute Gasteiger partial charge is 0.448 e. The molecule has 0 saturated heterocycles. The average Bonchev–Trinajstić information content (AvgIpc) is 2.90. The first kappa shape index (κ1) is 12.7. The lowest BCUT2D eigenvalue weighted by Gasteiger charge is -2.16. The van der Waals surface area contributed by atoms with Crippen molar-refractivity contribution in [2.75, 3.05) is 6.54 Å². The molecule has 4 heteroatoms. The van der Waals surface area contributed by atoms with Gasteiger partial charge in [0.05, 0.1) is 6.04 Å². The third-order valence-corrected chi connectivity index (χ3v) is 3.75. The maximum Gasteiger partial charge on any atom is 0.193 e. The van der Waals surface area contributed by atoms with Crippen molar-refractivity contribution in [2.24, 2.45) is 0 Å². The Morgan fingerprint density at radius 1 is 1.41 bits per heavy atom. The molecule has 0 bridgehead atoms. The molecular formula is C13H16ClNOS. The monoisotopic (exact) mass is 269 g/mol. The van der Waals surface area contributed by atoms with Crippen LogP contribution in [0.2, 0.25) is 5.22 Å². The van der Waals surface area contributed by atoms with E-state index in [2.05, 4.69) is 30.6 Å². The van der Waals surface area contributed by atoms with Gasteiger partial charge in [-0.25, -0.2) is 0 Å². The number of halogens is 1. The Morgan fingerprint density at radius 2 is 2.24 bits per heavy atom. The first-order valence-corrected chi connectivity index (χ1v) is 7.00. The van der Waals surface area contributed by atoms with E-state index < -0.39 is 0 Å². The third kappa shape index (κ3) is 2.92. The summed E-state index contributed by atoms with van der Waals surface area (Å²) in [6.07, 6.45) is 1.09. The minimum Gasteiger partial charge on any atom is -0.448 e. The molecule has 17 heavy (non-hydrogen) atoms. The topological polar surface area (TPSA) is 25.2 Å². The molecule has 2 aromatic heterocycles. The molecule has 1 atom stereocenters. The van der Waals surface area contributed by atoms with Gasteiger partial charge >= 0.3 is 0 Å². The smallest absolute Gasteiger partial charge is 0.193 e. The molecule has 1 N–H and O–H groups in total. The van der Waals surface area contributed by atoms with Crippen molar-refractivity contribution in [2.45, 2.75) is 26.3 Å². The van der Waals surface area contributed by atoms with Gasteiger partial charge in [-0.2, -0.15) is 0 Å². The highest BCUT2D eigenvalue weighted by molar-refractivity contribution is 7.10. The molecule has 0 saturated carbocycles. The van der Waals surface area contributed by atoms with Crippen molar-refractivity contribution in [3.05, 3.63) is 45.0 Å². The fourth-order valence-corrected chi connectivity index (χ4v) is 2.72. The SMILES string of the molecule is CCCNC(c1ccc(Cl)o1)c1ccsc1C. The van der Waals surface area contributed by atoms with E-state index >= 15 is 0 Å². The number of rotatable bonds is 5. The van der Waals surface area contributed by atoms with Gasteiger partial charge in [0, 0.05) is 4.88 Å². The molecule has 2 heterocycles. The van der Waals surface area contributed by atoms with E-state index in [4.69, 9.17) is 16.0 Å². The van der Waals surface area contributed by atoms with E-state index in [1.165, 1.54) is 10.4 Å². The number of nitrogens with one attached hydrogen (secondary N) is 1. The molecule has 0 fully saturated rings. The lowest BCUT2D eigenvalue weighted by atomic mass is 10.1. The van der Waals surface area contributed by atoms with E-state index in [1.54, 1.807) is 17.4 Å². The third-order valence-electron chi connectivity index (χ3n) is 2.69. The minimum absolute atomic E-state index is 0.105. The zero-order chi connectivity index (χ0) is 12.3. The van der Waals surface area contributed by atoms with Crippen LogP contribution >= 0.6 is 22.9 Å². The summed E-state index contributed by atoms with van der Waals surface area (Å²) >= 11 is 7.60. The highest BCUT2D eigenvalue weighted by Crippen LogP contribution is 2.30. The molecule has 2 nitrogen and oxygen atoms in total. The Bertz CT molecular complexity index is 477. The second-order valence-corrected chi connectivity index (χ2v) is 5.45. The van der Waals surface area contributed by atoms with Gasteiger partial charge in [-0.15, -0.1) is 11.3 Å². The Hall–Kier alpha value is -0.770. The predicted molar refractivity (Wildman–Crippen MR) is 72.9 cm³/mol. The van der Waals surface area contributed by atoms with Gasteiger partial charge in [-0.3, -0.25) is 0 Å². The van der Waals surface area contributed by atoms with Crippen LogP contribution < -0.4 is 5.32 Å². The molecule has 2 aromatic rings. The Kier molecular flexibility index (Phi) is 4.26. The van der Waals surface area contributed by atoms with E-state index in [-0.39, 0.29) is 6.04 Å². The zero-order valence-corrected chi connectivity index (χ0v) is 11.6. The highest BCUT2D eigenvalue weighted by atomic mass is 35.5. The fourth-order valence-electron chi connectivity index (χ4n) is 1.83. The quantitative estimate of drug-likeness (QED) is 0.871. The van der Waals surface area contributed by atoms with Crippen LogP contribution in [0.4, 0.5) is 0 Å². The van der Waals surface area contributed by atoms with Crippen molar-refractivity contribution < 1.29 is 4.42 Å². The first-order chi connectivity index (χ1) is 8.22. The van der Waals surface area contributed by atoms with Crippen LogP contribution in [0.25, 0.3) is 0 Å². The summed E-state index contributed by atoms with van der Waals surface area (Å²) in [5, 5.41) is 6.04. The minimum atomic E-state index is 0.105. The lowest BCUT2D eigenvalue weighted by molar-refractivity contribution is 0.447. The molecule has 0 aliphatic rings. The number of furan rings is 1. The van der Waals surface area contributed by atoms with Gasteiger partial charge < -0.3 is 9.73 Å². The van der Waals surface area contributed by atoms with Crippen molar-refractivity contribution in [3.63, 3.8) is 0 Å². The van der Waals surface area contributed by atoms with Crippen LogP contribution in [0.1, 0.15) is 35.6 Å². The zero-order valence-electron chi connectivity index (χ0n) is 10.00. The molecule has 0 spiro atoms. The second-order valence-electron chi connectivity index (χ2n) is 3.96. The van der Waals surface area contributed by atoms with Crippen molar-refractivity contribution >= 4 is 22.9 Å². The Morgan fingerprint density at radius 3 is 2.76 bits per heavy atom. The first-order valence-electron chi connectivity index (χ1n) is 5.75. The number of hydrogen-bond acceptors (Lipinski definition) is 3. The Balaban J connectivity index is 2.28. The summed E-state index contributed by atoms with van der Waals surface area (Å²) in [7, 11) is 0. The summed E-state index contributed by atoms with van der Waals surface area (Å²) in [6.45, 7) is 5.24. The molecule has 0 amide bonds. The van der Waals surface area contributed by atoms with Crippen LogP contribution in [0.15, 0.2) is 28.0 Å². The summed E-state index contributed by atoms with van der Waals surface area (Å²) < 4.78 is 5.53. The van der Waals surface area contributed by atoms with Crippen LogP contribution in [-0.4, -0.2) is 6.54 Å². The maximum absolute atomic E-state index is 5.85. The van der Waals surface area contributed by atoms with E-state index in [0.717, 1.165) is 18.7 Å². The average molecular weight is 270 g/mol. The summed E-state index contributed by atoms with van der Waals surface area (Å²) in [5.41, 5.74) is 1.27. The molecule has 1 unspecified atom stereocenters.